The van der Waals surface area contributed by atoms with Crippen LogP contribution in [-0.4, -0.2) is 75.6 Å². The van der Waals surface area contributed by atoms with Gasteiger partial charge in [-0.05, 0) is 55.1 Å². The van der Waals surface area contributed by atoms with Crippen LogP contribution in [0.2, 0.25) is 0 Å². The molecule has 0 radical (unpaired) electrons. The number of anilines is 3. The average Bonchev–Trinajstić information content (AvgIpc) is 3.68. The average molecular weight is 600 g/mol. The number of hydrogen-bond acceptors (Lipinski definition) is 10. The Labute approximate surface area is 263 Å². The van der Waals surface area contributed by atoms with Crippen molar-refractivity contribution in [2.45, 2.75) is 26.7 Å². The Kier molecular flexibility index (Phi) is 5.78. The van der Waals surface area contributed by atoms with E-state index in [1.54, 1.807) is 36.4 Å². The number of nitrogens with one attached hydrogen (secondary N) is 1. The summed E-state index contributed by atoms with van der Waals surface area (Å²) in [5.74, 6) is 0.780. The molecule has 226 valence electrons. The van der Waals surface area contributed by atoms with Gasteiger partial charge in [-0.15, -0.1) is 15.3 Å². The molecule has 5 heterocycles. The molecule has 1 aliphatic heterocycles. The molecule has 5 aromatic rings. The number of carbonyl (C=O) groups is 1. The van der Waals surface area contributed by atoms with Crippen LogP contribution in [0.3, 0.4) is 0 Å². The number of benzene rings is 1. The van der Waals surface area contributed by atoms with Crippen molar-refractivity contribution in [2.75, 3.05) is 55.0 Å². The van der Waals surface area contributed by atoms with E-state index < -0.39 is 13.3 Å². The van der Waals surface area contributed by atoms with Gasteiger partial charge in [0.05, 0.1) is 33.6 Å². The minimum atomic E-state index is -3.08. The van der Waals surface area contributed by atoms with E-state index in [4.69, 9.17) is 17.7 Å². The van der Waals surface area contributed by atoms with Crippen molar-refractivity contribution in [3.05, 3.63) is 60.4 Å². The highest BCUT2D eigenvalue weighted by Crippen LogP contribution is 2.39. The van der Waals surface area contributed by atoms with Gasteiger partial charge >= 0.3 is 0 Å². The number of fused-ring (bicyclic) bond motifs is 2. The van der Waals surface area contributed by atoms with E-state index in [1.807, 2.05) is 13.0 Å². The first-order chi connectivity index (χ1) is 23.9. The van der Waals surface area contributed by atoms with Crippen molar-refractivity contribution >= 4 is 39.8 Å². The van der Waals surface area contributed by atoms with Crippen LogP contribution in [-0.2, 0) is 16.1 Å². The third-order valence-corrected chi connectivity index (χ3v) is 8.04. The van der Waals surface area contributed by atoms with E-state index in [0.29, 0.717) is 59.9 Å². The third-order valence-electron chi connectivity index (χ3n) is 8.04. The number of methoxy groups -OCH3 is 1. The summed E-state index contributed by atoms with van der Waals surface area (Å²) in [6, 6.07) is 12.0. The Morgan fingerprint density at radius 3 is 2.80 bits per heavy atom. The Bertz CT molecular complexity index is 2070. The zero-order chi connectivity index (χ0) is 35.4. The van der Waals surface area contributed by atoms with Gasteiger partial charge in [0, 0.05) is 56.0 Å². The fraction of sp³-hybridized carbons (Fsp3) is 0.375. The highest BCUT2D eigenvalue weighted by Gasteiger charge is 2.39. The number of nitrogens with zero attached hydrogens (tertiary/aromatic N) is 8. The largest absolute Gasteiger partial charge is 0.497 e. The fourth-order valence-corrected chi connectivity index (χ4v) is 5.35. The molecule has 1 aromatic carbocycles. The molecule has 0 bridgehead atoms. The molecule has 7 rings (SSSR count). The monoisotopic (exact) mass is 599 g/mol. The van der Waals surface area contributed by atoms with Crippen LogP contribution in [0.4, 0.5) is 17.3 Å². The third kappa shape index (κ3) is 5.48. The number of amides is 1. The van der Waals surface area contributed by atoms with Crippen LogP contribution >= 0.6 is 0 Å². The molecule has 12 nitrogen and oxygen atoms in total. The number of rotatable bonds is 9. The quantitative estimate of drug-likeness (QED) is 0.264. The first-order valence-corrected chi connectivity index (χ1v) is 14.4. The van der Waals surface area contributed by atoms with Crippen molar-refractivity contribution in [3.63, 3.8) is 0 Å². The Morgan fingerprint density at radius 1 is 1.23 bits per heavy atom. The van der Waals surface area contributed by atoms with E-state index >= 15 is 0 Å². The maximum Gasteiger partial charge on any atom is 0.228 e. The van der Waals surface area contributed by atoms with Gasteiger partial charge in [0.25, 0.3) is 0 Å². The highest BCUT2D eigenvalue weighted by molar-refractivity contribution is 6.01. The van der Waals surface area contributed by atoms with Gasteiger partial charge in [0.1, 0.15) is 11.3 Å². The van der Waals surface area contributed by atoms with Gasteiger partial charge in [0.2, 0.25) is 5.91 Å². The zero-order valence-electron chi connectivity index (χ0n) is 30.3. The number of pyridine rings is 2. The van der Waals surface area contributed by atoms with E-state index in [9.17, 15) is 4.79 Å². The number of morpholine rings is 1. The smallest absolute Gasteiger partial charge is 0.228 e. The lowest BCUT2D eigenvalue weighted by Crippen LogP contribution is -2.36. The van der Waals surface area contributed by atoms with Crippen LogP contribution < -0.4 is 19.9 Å². The second kappa shape index (κ2) is 11.7. The second-order valence-corrected chi connectivity index (χ2v) is 11.0. The van der Waals surface area contributed by atoms with Crippen molar-refractivity contribution in [2.24, 2.45) is 11.8 Å². The predicted octanol–water partition coefficient (Wildman–Crippen LogP) is 4.20. The molecule has 4 aromatic heterocycles. The van der Waals surface area contributed by atoms with Gasteiger partial charge in [-0.2, -0.15) is 0 Å². The molecule has 2 aliphatic rings. The summed E-state index contributed by atoms with van der Waals surface area (Å²) < 4.78 is 63.0. The maximum atomic E-state index is 12.9. The van der Waals surface area contributed by atoms with Crippen LogP contribution in [0.1, 0.15) is 34.0 Å². The Morgan fingerprint density at radius 2 is 2.05 bits per heavy atom. The molecule has 1 amide bonds. The zero-order valence-corrected chi connectivity index (χ0v) is 24.3. The molecule has 0 spiro atoms. The topological polar surface area (TPSA) is 123 Å². The van der Waals surface area contributed by atoms with E-state index in [2.05, 4.69) is 35.5 Å². The summed E-state index contributed by atoms with van der Waals surface area (Å²) in [7, 11) is 1.53. The summed E-state index contributed by atoms with van der Waals surface area (Å²) in [4.78, 5) is 25.2. The minimum absolute atomic E-state index is 0.0703. The van der Waals surface area contributed by atoms with Gasteiger partial charge in [-0.1, -0.05) is 19.1 Å². The number of hydrogen-bond donors (Lipinski definition) is 1. The van der Waals surface area contributed by atoms with Gasteiger partial charge < -0.3 is 24.6 Å². The summed E-state index contributed by atoms with van der Waals surface area (Å²) in [6.07, 6.45) is 2.33. The van der Waals surface area contributed by atoms with Crippen molar-refractivity contribution < 1.29 is 22.5 Å². The first-order valence-electron chi connectivity index (χ1n) is 17.4. The summed E-state index contributed by atoms with van der Waals surface area (Å²) in [5.41, 5.74) is 2.12. The molecule has 1 saturated heterocycles. The summed E-state index contributed by atoms with van der Waals surface area (Å²) in [5, 5.41) is 16.5. The molecular weight excluding hydrogens is 558 g/mol. The van der Waals surface area contributed by atoms with Crippen molar-refractivity contribution in [1.82, 2.24) is 29.8 Å². The van der Waals surface area contributed by atoms with Crippen molar-refractivity contribution in [3.8, 4) is 17.1 Å². The Balaban J connectivity index is 1.37. The lowest BCUT2D eigenvalue weighted by Gasteiger charge is -2.28. The lowest BCUT2D eigenvalue weighted by atomic mass is 10.1. The van der Waals surface area contributed by atoms with Gasteiger partial charge in [-0.3, -0.25) is 4.79 Å². The molecule has 1 aliphatic carbocycles. The molecular formula is C32H35N9O3. The summed E-state index contributed by atoms with van der Waals surface area (Å²) in [6.45, 7) is -1.80. The highest BCUT2D eigenvalue weighted by atomic mass is 16.5. The standard InChI is InChI=1S/C32H35N9O3/c1-4-39(18-21-5-8-23(43-3)9-6-21)31-29-25(16-27(36-37-29)34-32(42)24-15-20(24)2)26(17-33-31)30-35-28-10-7-22(19-41(28)38-30)40-11-13-44-14-12-40/h5-10,16-17,19-20,24H,4,11-15,18H2,1-3H3,(H,34,36,42)/t20-,24+/m1/s1/i1D3,4D2,19D. The van der Waals surface area contributed by atoms with Gasteiger partial charge in [-0.25, -0.2) is 14.5 Å². The Hall–Kier alpha value is -4.84. The van der Waals surface area contributed by atoms with Crippen LogP contribution in [0.25, 0.3) is 27.9 Å². The van der Waals surface area contributed by atoms with Gasteiger partial charge in [0.15, 0.2) is 23.1 Å². The number of carbonyl (C=O) groups excluding carboxylic acids is 1. The molecule has 1 N–H and O–H groups in total. The molecule has 1 saturated carbocycles. The maximum absolute atomic E-state index is 12.9. The second-order valence-electron chi connectivity index (χ2n) is 11.0. The predicted molar refractivity (Wildman–Crippen MR) is 168 cm³/mol. The number of aromatic nitrogens is 6. The fourth-order valence-electron chi connectivity index (χ4n) is 5.35. The molecule has 44 heavy (non-hydrogen) atoms. The summed E-state index contributed by atoms with van der Waals surface area (Å²) >= 11 is 0. The molecule has 0 unspecified atom stereocenters. The molecule has 2 atom stereocenters. The number of ether oxygens (including phenoxy) is 2. The lowest BCUT2D eigenvalue weighted by molar-refractivity contribution is -0.117. The SMILES string of the molecule is [2H]c1c(N2CCOCC2)ccc2nc(-c3cnc(N(Cc4ccc(OC)cc4)C([2H])([2H])C([2H])([2H])[2H])c4nnc(NC(=O)[C@H]5C[C@H]5C)cc34)nn12. The van der Waals surface area contributed by atoms with Crippen molar-refractivity contribution in [1.29, 1.82) is 0 Å². The normalized spacial score (nSPS) is 20.6. The van der Waals surface area contributed by atoms with E-state index in [1.165, 1.54) is 17.8 Å². The van der Waals surface area contributed by atoms with Crippen LogP contribution in [0.5, 0.6) is 5.75 Å². The van der Waals surface area contributed by atoms with E-state index in [-0.39, 0.29) is 53.4 Å². The van der Waals surface area contributed by atoms with E-state index in [0.717, 1.165) is 11.3 Å². The molecule has 12 heteroatoms. The minimum Gasteiger partial charge on any atom is -0.497 e. The first kappa shape index (κ1) is 21.8. The molecule has 2 fully saturated rings. The van der Waals surface area contributed by atoms with Crippen LogP contribution in [0.15, 0.2) is 54.8 Å². The van der Waals surface area contributed by atoms with Crippen LogP contribution in [0, 0.1) is 11.8 Å².